The van der Waals surface area contributed by atoms with Crippen molar-refractivity contribution in [2.75, 3.05) is 20.8 Å². The minimum absolute atomic E-state index is 0.103. The van der Waals surface area contributed by atoms with Crippen molar-refractivity contribution < 1.29 is 28.6 Å². The number of benzene rings is 1. The normalized spacial score (nSPS) is 11.8. The Bertz CT molecular complexity index is 570. The minimum Gasteiger partial charge on any atom is -0.467 e. The van der Waals surface area contributed by atoms with Gasteiger partial charge in [-0.25, -0.2) is 9.59 Å². The molecule has 130 valence electrons. The Morgan fingerprint density at radius 3 is 2.46 bits per heavy atom. The highest BCUT2D eigenvalue weighted by Crippen LogP contribution is 2.01. The third kappa shape index (κ3) is 7.55. The van der Waals surface area contributed by atoms with Crippen LogP contribution < -0.4 is 5.32 Å². The molecule has 1 atom stereocenters. The van der Waals surface area contributed by atoms with Gasteiger partial charge in [0.15, 0.2) is 0 Å². The fourth-order valence-electron chi connectivity index (χ4n) is 1.80. The number of hydrogen-bond acceptors (Lipinski definition) is 6. The first-order chi connectivity index (χ1) is 11.6. The molecule has 7 nitrogen and oxygen atoms in total. The van der Waals surface area contributed by atoms with Gasteiger partial charge in [0.25, 0.3) is 0 Å². The lowest BCUT2D eigenvalue weighted by atomic mass is 10.2. The van der Waals surface area contributed by atoms with Gasteiger partial charge in [0.05, 0.1) is 20.8 Å². The predicted molar refractivity (Wildman–Crippen MR) is 85.8 cm³/mol. The number of hydrogen-bond donors (Lipinski definition) is 1. The zero-order valence-electron chi connectivity index (χ0n) is 13.7. The summed E-state index contributed by atoms with van der Waals surface area (Å²) in [5.74, 6) is -1.61. The van der Waals surface area contributed by atoms with Crippen LogP contribution in [0.15, 0.2) is 42.5 Å². The highest BCUT2D eigenvalue weighted by Gasteiger charge is 2.20. The van der Waals surface area contributed by atoms with Crippen LogP contribution in [-0.4, -0.2) is 44.7 Å². The number of rotatable bonds is 9. The van der Waals surface area contributed by atoms with E-state index in [2.05, 4.69) is 14.8 Å². The molecule has 1 aromatic carbocycles. The molecular formula is C17H21NO6. The third-order valence-corrected chi connectivity index (χ3v) is 2.99. The van der Waals surface area contributed by atoms with E-state index in [0.29, 0.717) is 6.61 Å². The topological polar surface area (TPSA) is 90.9 Å². The zero-order chi connectivity index (χ0) is 17.8. The Labute approximate surface area is 140 Å². The van der Waals surface area contributed by atoms with Gasteiger partial charge in [0.1, 0.15) is 12.6 Å². The van der Waals surface area contributed by atoms with Crippen molar-refractivity contribution in [2.45, 2.75) is 19.1 Å². The summed E-state index contributed by atoms with van der Waals surface area (Å²) in [5, 5.41) is 2.50. The molecule has 0 aliphatic carbocycles. The molecule has 7 heteroatoms. The van der Waals surface area contributed by atoms with Crippen LogP contribution in [-0.2, 0) is 35.2 Å². The lowest BCUT2D eigenvalue weighted by Gasteiger charge is -2.15. The van der Waals surface area contributed by atoms with Crippen LogP contribution in [0, 0.1) is 0 Å². The molecule has 24 heavy (non-hydrogen) atoms. The Morgan fingerprint density at radius 1 is 1.12 bits per heavy atom. The van der Waals surface area contributed by atoms with E-state index in [-0.39, 0.29) is 13.0 Å². The number of nitrogens with one attached hydrogen (secondary N) is 1. The second-order valence-corrected chi connectivity index (χ2v) is 4.78. The van der Waals surface area contributed by atoms with E-state index in [9.17, 15) is 14.4 Å². The SMILES string of the molecule is COC(=O)/C=C/C[C@H](NC(=O)COCc1ccccc1)C(=O)OC. The lowest BCUT2D eigenvalue weighted by Crippen LogP contribution is -2.42. The second-order valence-electron chi connectivity index (χ2n) is 4.78. The van der Waals surface area contributed by atoms with E-state index < -0.39 is 23.9 Å². The quantitative estimate of drug-likeness (QED) is 0.534. The molecule has 1 rings (SSSR count). The van der Waals surface area contributed by atoms with E-state index in [1.165, 1.54) is 26.4 Å². The zero-order valence-corrected chi connectivity index (χ0v) is 13.7. The van der Waals surface area contributed by atoms with Crippen molar-refractivity contribution in [3.05, 3.63) is 48.0 Å². The monoisotopic (exact) mass is 335 g/mol. The molecule has 0 aliphatic heterocycles. The molecule has 1 aromatic rings. The number of carbonyl (C=O) groups is 3. The van der Waals surface area contributed by atoms with Crippen molar-refractivity contribution >= 4 is 17.8 Å². The molecule has 1 amide bonds. The van der Waals surface area contributed by atoms with Gasteiger partial charge in [0, 0.05) is 6.08 Å². The van der Waals surface area contributed by atoms with Gasteiger partial charge in [-0.1, -0.05) is 36.4 Å². The Kier molecular flexibility index (Phi) is 8.85. The molecule has 1 N–H and O–H groups in total. The first-order valence-corrected chi connectivity index (χ1v) is 7.30. The molecule has 0 unspecified atom stereocenters. The smallest absolute Gasteiger partial charge is 0.330 e. The summed E-state index contributed by atoms with van der Waals surface area (Å²) in [6.07, 6.45) is 2.71. The van der Waals surface area contributed by atoms with E-state index in [1.54, 1.807) is 0 Å². The van der Waals surface area contributed by atoms with Crippen molar-refractivity contribution in [1.29, 1.82) is 0 Å². The minimum atomic E-state index is -0.899. The molecule has 0 heterocycles. The molecule has 0 radical (unpaired) electrons. The summed E-state index contributed by atoms with van der Waals surface area (Å²) in [4.78, 5) is 34.5. The van der Waals surface area contributed by atoms with E-state index in [1.807, 2.05) is 30.3 Å². The first-order valence-electron chi connectivity index (χ1n) is 7.30. The molecule has 0 saturated carbocycles. The lowest BCUT2D eigenvalue weighted by molar-refractivity contribution is -0.145. The van der Waals surface area contributed by atoms with Gasteiger partial charge in [-0.15, -0.1) is 0 Å². The van der Waals surface area contributed by atoms with Crippen LogP contribution in [0.25, 0.3) is 0 Å². The fourth-order valence-corrected chi connectivity index (χ4v) is 1.80. The first kappa shape index (κ1) is 19.4. The highest BCUT2D eigenvalue weighted by atomic mass is 16.5. The maximum Gasteiger partial charge on any atom is 0.330 e. The number of methoxy groups -OCH3 is 2. The summed E-state index contributed by atoms with van der Waals surface area (Å²) >= 11 is 0. The van der Waals surface area contributed by atoms with Gasteiger partial charge in [-0.2, -0.15) is 0 Å². The summed E-state index contributed by atoms with van der Waals surface area (Å²) in [6.45, 7) is 0.0997. The number of amides is 1. The molecule has 0 bridgehead atoms. The van der Waals surface area contributed by atoms with Gasteiger partial charge in [-0.05, 0) is 12.0 Å². The van der Waals surface area contributed by atoms with Crippen molar-refractivity contribution in [3.8, 4) is 0 Å². The van der Waals surface area contributed by atoms with E-state index >= 15 is 0 Å². The van der Waals surface area contributed by atoms with E-state index in [0.717, 1.165) is 5.56 Å². The highest BCUT2D eigenvalue weighted by molar-refractivity contribution is 5.85. The average molecular weight is 335 g/mol. The average Bonchev–Trinajstić information content (AvgIpc) is 2.60. The molecule has 0 saturated heterocycles. The second kappa shape index (κ2) is 11.0. The van der Waals surface area contributed by atoms with Gasteiger partial charge in [0.2, 0.25) is 5.91 Å². The van der Waals surface area contributed by atoms with Gasteiger partial charge in [-0.3, -0.25) is 4.79 Å². The van der Waals surface area contributed by atoms with Crippen molar-refractivity contribution in [1.82, 2.24) is 5.32 Å². The Balaban J connectivity index is 2.44. The maximum atomic E-state index is 11.9. The van der Waals surface area contributed by atoms with Crippen LogP contribution >= 0.6 is 0 Å². The Morgan fingerprint density at radius 2 is 1.83 bits per heavy atom. The number of esters is 2. The summed E-state index contributed by atoms with van der Waals surface area (Å²) < 4.78 is 14.4. The summed E-state index contributed by atoms with van der Waals surface area (Å²) in [7, 11) is 2.47. The summed E-state index contributed by atoms with van der Waals surface area (Å²) in [5.41, 5.74) is 0.941. The van der Waals surface area contributed by atoms with Crippen LogP contribution in [0.3, 0.4) is 0 Å². The summed E-state index contributed by atoms with van der Waals surface area (Å²) in [6, 6.07) is 8.50. The Hall–Kier alpha value is -2.67. The van der Waals surface area contributed by atoms with Crippen LogP contribution in [0.4, 0.5) is 0 Å². The standard InChI is InChI=1S/C17H21NO6/c1-22-16(20)10-6-9-14(17(21)23-2)18-15(19)12-24-11-13-7-4-3-5-8-13/h3-8,10,14H,9,11-12H2,1-2H3,(H,18,19)/b10-6+/t14-/m0/s1. The van der Waals surface area contributed by atoms with Crippen molar-refractivity contribution in [3.63, 3.8) is 0 Å². The third-order valence-electron chi connectivity index (χ3n) is 2.99. The molecule has 0 spiro atoms. The van der Waals surface area contributed by atoms with Crippen molar-refractivity contribution in [2.24, 2.45) is 0 Å². The van der Waals surface area contributed by atoms with E-state index in [4.69, 9.17) is 4.74 Å². The predicted octanol–water partition coefficient (Wildman–Crippen LogP) is 0.980. The molecular weight excluding hydrogens is 314 g/mol. The molecule has 0 aromatic heterocycles. The largest absolute Gasteiger partial charge is 0.467 e. The van der Waals surface area contributed by atoms with Crippen LogP contribution in [0.5, 0.6) is 0 Å². The van der Waals surface area contributed by atoms with Gasteiger partial charge < -0.3 is 19.5 Å². The van der Waals surface area contributed by atoms with Gasteiger partial charge >= 0.3 is 11.9 Å². The number of ether oxygens (including phenoxy) is 3. The molecule has 0 aliphatic rings. The fraction of sp³-hybridized carbons (Fsp3) is 0.353. The maximum absolute atomic E-state index is 11.9. The van der Waals surface area contributed by atoms with Crippen LogP contribution in [0.2, 0.25) is 0 Å². The van der Waals surface area contributed by atoms with Crippen LogP contribution in [0.1, 0.15) is 12.0 Å². The number of carbonyl (C=O) groups excluding carboxylic acids is 3. The molecule has 0 fully saturated rings.